The van der Waals surface area contributed by atoms with E-state index in [1.54, 1.807) is 6.20 Å². The maximum Gasteiger partial charge on any atom is 0.100 e. The van der Waals surface area contributed by atoms with E-state index in [0.717, 1.165) is 35.8 Å². The Kier molecular flexibility index (Phi) is 2.56. The zero-order valence-corrected chi connectivity index (χ0v) is 9.42. The van der Waals surface area contributed by atoms with Crippen molar-refractivity contribution >= 4 is 15.9 Å². The number of hydrogen-bond acceptors (Lipinski definition) is 2. The van der Waals surface area contributed by atoms with Gasteiger partial charge >= 0.3 is 0 Å². The molecule has 0 unspecified atom stereocenters. The second-order valence-corrected chi connectivity index (χ2v) is 4.59. The molecule has 2 rings (SSSR count). The van der Waals surface area contributed by atoms with Crippen LogP contribution in [0.3, 0.4) is 0 Å². The summed E-state index contributed by atoms with van der Waals surface area (Å²) in [5.74, 6) is 0. The van der Waals surface area contributed by atoms with Crippen molar-refractivity contribution in [2.75, 3.05) is 0 Å². The average Bonchev–Trinajstić information content (AvgIpc) is 2.68. The lowest BCUT2D eigenvalue weighted by atomic mass is 9.84. The predicted octanol–water partition coefficient (Wildman–Crippen LogP) is 3.18. The molecule has 1 fully saturated rings. The topological polar surface area (TPSA) is 36.7 Å². The summed E-state index contributed by atoms with van der Waals surface area (Å²) >= 11 is 3.47. The molecule has 3 heteroatoms. The standard InChI is InChI=1S/C11H11BrN2/c12-9-4-3-7-14-10(9)11(8-13)5-1-2-6-11/h3-4,7H,1-2,5-6H2. The number of hydrogen-bond donors (Lipinski definition) is 0. The highest BCUT2D eigenvalue weighted by atomic mass is 79.9. The smallest absolute Gasteiger partial charge is 0.100 e. The van der Waals surface area contributed by atoms with Crippen molar-refractivity contribution < 1.29 is 0 Å². The van der Waals surface area contributed by atoms with Gasteiger partial charge in [-0.3, -0.25) is 4.98 Å². The number of halogens is 1. The molecule has 1 aromatic rings. The maximum atomic E-state index is 9.28. The molecule has 0 atom stereocenters. The summed E-state index contributed by atoms with van der Waals surface area (Å²) in [7, 11) is 0. The lowest BCUT2D eigenvalue weighted by Gasteiger charge is -2.20. The Hall–Kier alpha value is -0.880. The van der Waals surface area contributed by atoms with Crippen molar-refractivity contribution in [1.82, 2.24) is 4.98 Å². The van der Waals surface area contributed by atoms with E-state index in [1.165, 1.54) is 0 Å². The molecule has 2 nitrogen and oxygen atoms in total. The third-order valence-electron chi connectivity index (χ3n) is 2.88. The van der Waals surface area contributed by atoms with Crippen molar-refractivity contribution in [2.45, 2.75) is 31.1 Å². The first-order chi connectivity index (χ1) is 6.78. The molecule has 0 radical (unpaired) electrons. The summed E-state index contributed by atoms with van der Waals surface area (Å²) < 4.78 is 0.962. The van der Waals surface area contributed by atoms with Crippen molar-refractivity contribution in [1.29, 1.82) is 5.26 Å². The molecular weight excluding hydrogens is 240 g/mol. The molecule has 1 aliphatic carbocycles. The minimum atomic E-state index is -0.333. The monoisotopic (exact) mass is 250 g/mol. The third kappa shape index (κ3) is 1.44. The molecule has 0 spiro atoms. The molecule has 0 aromatic carbocycles. The number of rotatable bonds is 1. The molecular formula is C11H11BrN2. The summed E-state index contributed by atoms with van der Waals surface area (Å²) in [4.78, 5) is 4.33. The fraction of sp³-hybridized carbons (Fsp3) is 0.455. The minimum absolute atomic E-state index is 0.333. The van der Waals surface area contributed by atoms with E-state index in [0.29, 0.717) is 0 Å². The average molecular weight is 251 g/mol. The van der Waals surface area contributed by atoms with Crippen LogP contribution in [-0.4, -0.2) is 4.98 Å². The molecule has 0 aliphatic heterocycles. The highest BCUT2D eigenvalue weighted by Crippen LogP contribution is 2.41. The summed E-state index contributed by atoms with van der Waals surface area (Å²) in [6, 6.07) is 6.28. The van der Waals surface area contributed by atoms with Gasteiger partial charge in [-0.25, -0.2) is 0 Å². The molecule has 14 heavy (non-hydrogen) atoms. The first kappa shape index (κ1) is 9.67. The Morgan fingerprint density at radius 1 is 1.43 bits per heavy atom. The molecule has 72 valence electrons. The zero-order valence-electron chi connectivity index (χ0n) is 7.83. The predicted molar refractivity (Wildman–Crippen MR) is 57.7 cm³/mol. The summed E-state index contributed by atoms with van der Waals surface area (Å²) in [5, 5.41) is 9.28. The quantitative estimate of drug-likeness (QED) is 0.768. The van der Waals surface area contributed by atoms with Crippen LogP contribution in [0.2, 0.25) is 0 Å². The van der Waals surface area contributed by atoms with Crippen LogP contribution in [0, 0.1) is 11.3 Å². The van der Waals surface area contributed by atoms with Crippen molar-refractivity contribution in [3.8, 4) is 6.07 Å². The zero-order chi connectivity index (χ0) is 10.0. The number of nitriles is 1. The van der Waals surface area contributed by atoms with E-state index in [-0.39, 0.29) is 5.41 Å². The molecule has 0 saturated heterocycles. The van der Waals surface area contributed by atoms with Gasteiger partial charge in [0.1, 0.15) is 5.41 Å². The number of aromatic nitrogens is 1. The van der Waals surface area contributed by atoms with Gasteiger partial charge in [-0.1, -0.05) is 12.8 Å². The number of nitrogens with zero attached hydrogens (tertiary/aromatic N) is 2. The van der Waals surface area contributed by atoms with E-state index in [1.807, 2.05) is 12.1 Å². The Labute approximate surface area is 92.1 Å². The van der Waals surface area contributed by atoms with Crippen LogP contribution in [0.1, 0.15) is 31.4 Å². The Balaban J connectivity index is 2.47. The van der Waals surface area contributed by atoms with Crippen LogP contribution >= 0.6 is 15.9 Å². The van der Waals surface area contributed by atoms with Crippen LogP contribution in [-0.2, 0) is 5.41 Å². The first-order valence-electron chi connectivity index (χ1n) is 4.81. The van der Waals surface area contributed by atoms with E-state index in [9.17, 15) is 5.26 Å². The minimum Gasteiger partial charge on any atom is -0.258 e. The fourth-order valence-corrected chi connectivity index (χ4v) is 2.75. The molecule has 0 bridgehead atoms. The van der Waals surface area contributed by atoms with Gasteiger partial charge in [-0.2, -0.15) is 5.26 Å². The lowest BCUT2D eigenvalue weighted by Crippen LogP contribution is -2.21. The second kappa shape index (κ2) is 3.70. The van der Waals surface area contributed by atoms with Gasteiger partial charge in [0.05, 0.1) is 11.8 Å². The normalized spacial score (nSPS) is 19.1. The van der Waals surface area contributed by atoms with E-state index >= 15 is 0 Å². The van der Waals surface area contributed by atoms with Gasteiger partial charge < -0.3 is 0 Å². The SMILES string of the molecule is N#CC1(c2ncccc2Br)CCCC1. The van der Waals surface area contributed by atoms with Crippen LogP contribution in [0.25, 0.3) is 0 Å². The van der Waals surface area contributed by atoms with Crippen LogP contribution in [0.4, 0.5) is 0 Å². The van der Waals surface area contributed by atoms with Crippen LogP contribution in [0.15, 0.2) is 22.8 Å². The van der Waals surface area contributed by atoms with Gasteiger partial charge in [0.2, 0.25) is 0 Å². The van der Waals surface area contributed by atoms with E-state index < -0.39 is 0 Å². The van der Waals surface area contributed by atoms with Crippen molar-refractivity contribution in [2.24, 2.45) is 0 Å². The highest BCUT2D eigenvalue weighted by molar-refractivity contribution is 9.10. The second-order valence-electron chi connectivity index (χ2n) is 3.73. The maximum absolute atomic E-state index is 9.28. The summed E-state index contributed by atoms with van der Waals surface area (Å²) in [6.07, 6.45) is 5.92. The van der Waals surface area contributed by atoms with Crippen molar-refractivity contribution in [3.05, 3.63) is 28.5 Å². The lowest BCUT2D eigenvalue weighted by molar-refractivity contribution is 0.551. The van der Waals surface area contributed by atoms with Gasteiger partial charge in [0, 0.05) is 10.7 Å². The fourth-order valence-electron chi connectivity index (χ4n) is 2.12. The van der Waals surface area contributed by atoms with Gasteiger partial charge in [-0.15, -0.1) is 0 Å². The Bertz CT molecular complexity index is 375. The van der Waals surface area contributed by atoms with Crippen LogP contribution < -0.4 is 0 Å². The molecule has 1 saturated carbocycles. The van der Waals surface area contributed by atoms with Gasteiger partial charge in [0.15, 0.2) is 0 Å². The van der Waals surface area contributed by atoms with Crippen molar-refractivity contribution in [3.63, 3.8) is 0 Å². The summed E-state index contributed by atoms with van der Waals surface area (Å²) in [6.45, 7) is 0. The molecule has 0 N–H and O–H groups in total. The number of pyridine rings is 1. The highest BCUT2D eigenvalue weighted by Gasteiger charge is 2.38. The Morgan fingerprint density at radius 3 is 2.71 bits per heavy atom. The molecule has 1 heterocycles. The summed E-state index contributed by atoms with van der Waals surface area (Å²) in [5.41, 5.74) is 0.583. The Morgan fingerprint density at radius 2 is 2.14 bits per heavy atom. The van der Waals surface area contributed by atoms with Crippen LogP contribution in [0.5, 0.6) is 0 Å². The third-order valence-corrected chi connectivity index (χ3v) is 3.52. The molecule has 1 aliphatic rings. The van der Waals surface area contributed by atoms with Gasteiger partial charge in [-0.05, 0) is 40.9 Å². The molecule has 0 amide bonds. The van der Waals surface area contributed by atoms with E-state index in [4.69, 9.17) is 0 Å². The van der Waals surface area contributed by atoms with E-state index in [2.05, 4.69) is 27.0 Å². The van der Waals surface area contributed by atoms with Gasteiger partial charge in [0.25, 0.3) is 0 Å². The molecule has 1 aromatic heterocycles. The first-order valence-corrected chi connectivity index (χ1v) is 5.60. The largest absolute Gasteiger partial charge is 0.258 e.